The number of benzene rings is 5. The number of aliphatic hydroxyl groups excluding tert-OH is 1. The number of ether oxygens (including phenoxy) is 5. The summed E-state index contributed by atoms with van der Waals surface area (Å²) < 4.78 is 30.5. The van der Waals surface area contributed by atoms with Crippen LogP contribution in [0.3, 0.4) is 0 Å². The zero-order valence-corrected chi connectivity index (χ0v) is 32.2. The molecule has 21 nitrogen and oxygen atoms in total. The van der Waals surface area contributed by atoms with E-state index in [9.17, 15) is 80.8 Å². The van der Waals surface area contributed by atoms with Crippen LogP contribution in [-0.2, 0) is 27.1 Å². The molecule has 330 valence electrons. The predicted octanol–water partition coefficient (Wildman–Crippen LogP) is 3.52. The maximum Gasteiger partial charge on any atom is 0.338 e. The van der Waals surface area contributed by atoms with Gasteiger partial charge in [0.25, 0.3) is 0 Å². The highest BCUT2D eigenvalue weighted by Crippen LogP contribution is 2.62. The van der Waals surface area contributed by atoms with Gasteiger partial charge in [-0.05, 0) is 30.3 Å². The van der Waals surface area contributed by atoms with Crippen LogP contribution in [0.2, 0.25) is 0 Å². The van der Waals surface area contributed by atoms with Gasteiger partial charge in [-0.25, -0.2) is 9.59 Å². The number of aromatic hydroxyl groups is 12. The molecule has 3 heterocycles. The fraction of sp³-hybridized carbons (Fsp3) is 0.186. The Kier molecular flexibility index (Phi) is 8.99. The average Bonchev–Trinajstić information content (AvgIpc) is 3.70. The first-order valence-corrected chi connectivity index (χ1v) is 18.8. The zero-order chi connectivity index (χ0) is 45.8. The molecule has 13 N–H and O–H groups in total. The van der Waals surface area contributed by atoms with Gasteiger partial charge in [0.15, 0.2) is 69.6 Å². The van der Waals surface area contributed by atoms with E-state index in [2.05, 4.69) is 0 Å². The van der Waals surface area contributed by atoms with Gasteiger partial charge in [-0.1, -0.05) is 0 Å². The number of fused-ring (bicyclic) bond motifs is 5. The smallest absolute Gasteiger partial charge is 0.338 e. The molecule has 4 aliphatic rings. The summed E-state index contributed by atoms with van der Waals surface area (Å²) in [6.07, 6.45) is -6.77. The first-order valence-electron chi connectivity index (χ1n) is 18.8. The average molecular weight is 885 g/mol. The van der Waals surface area contributed by atoms with E-state index >= 15 is 0 Å². The minimum absolute atomic E-state index is 0.00885. The fourth-order valence-electron chi connectivity index (χ4n) is 8.56. The van der Waals surface area contributed by atoms with Crippen molar-refractivity contribution in [2.75, 3.05) is 0 Å². The molecule has 0 saturated heterocycles. The van der Waals surface area contributed by atoms with Gasteiger partial charge >= 0.3 is 11.9 Å². The molecule has 9 rings (SSSR count). The van der Waals surface area contributed by atoms with Crippen LogP contribution in [0.15, 0.2) is 66.4 Å². The van der Waals surface area contributed by atoms with Gasteiger partial charge in [-0.2, -0.15) is 0 Å². The Labute approximate surface area is 356 Å². The van der Waals surface area contributed by atoms with Crippen LogP contribution >= 0.6 is 0 Å². The molecule has 1 aliphatic carbocycles. The van der Waals surface area contributed by atoms with E-state index < -0.39 is 158 Å². The second-order valence-electron chi connectivity index (χ2n) is 15.3. The summed E-state index contributed by atoms with van der Waals surface area (Å²) in [4.78, 5) is 41.7. The number of phenols is 12. The van der Waals surface area contributed by atoms with Crippen LogP contribution in [0.25, 0.3) is 0 Å². The Balaban J connectivity index is 1.19. The third kappa shape index (κ3) is 6.19. The Morgan fingerprint density at radius 3 is 1.56 bits per heavy atom. The normalized spacial score (nSPS) is 22.7. The van der Waals surface area contributed by atoms with Crippen molar-refractivity contribution in [3.8, 4) is 86.2 Å². The second kappa shape index (κ2) is 14.2. The molecule has 0 saturated carbocycles. The Bertz CT molecular complexity index is 2870. The van der Waals surface area contributed by atoms with Gasteiger partial charge in [0.2, 0.25) is 11.5 Å². The Hall–Kier alpha value is -8.75. The van der Waals surface area contributed by atoms with Crippen molar-refractivity contribution in [3.05, 3.63) is 99.8 Å². The molecule has 6 atom stereocenters. The van der Waals surface area contributed by atoms with Crippen LogP contribution in [0, 0.1) is 0 Å². The lowest BCUT2D eigenvalue weighted by Crippen LogP contribution is -2.58. The molecule has 64 heavy (non-hydrogen) atoms. The molecular formula is C43H32O21. The van der Waals surface area contributed by atoms with E-state index in [1.807, 2.05) is 0 Å². The van der Waals surface area contributed by atoms with Crippen molar-refractivity contribution in [3.63, 3.8) is 0 Å². The number of hydrogen-bond donors (Lipinski definition) is 13. The van der Waals surface area contributed by atoms with Gasteiger partial charge in [0, 0.05) is 65.4 Å². The monoisotopic (exact) mass is 884 g/mol. The maximum atomic E-state index is 14.3. The molecular weight excluding hydrogens is 852 g/mol. The molecule has 5 aromatic rings. The van der Waals surface area contributed by atoms with E-state index in [0.717, 1.165) is 60.7 Å². The van der Waals surface area contributed by atoms with Gasteiger partial charge < -0.3 is 90.1 Å². The number of esters is 2. The molecule has 5 aromatic carbocycles. The first-order chi connectivity index (χ1) is 30.3. The standard InChI is InChI=1S/C43H32O21/c44-15-5-20(46)17-10-30(62-41(58)13-1-22(48)34(54)23(49)2-13)38(60-28(17)7-15)19-9-26(52)37(57)39-32(19)33-36(56)27(53)12-43(33,64-39)40-31(11-18-21(47)6-16(45)8-29(18)61-40)63-42(59)14-3-24(50)35(55)25(51)4-14/h1-9,12,30-31,33,38,40,44-55,57H,10-11H2/t30-,31-,33?,38-,40+,43?/m1/s1. The Morgan fingerprint density at radius 1 is 0.562 bits per heavy atom. The fourth-order valence-corrected chi connectivity index (χ4v) is 8.56. The molecule has 0 radical (unpaired) electrons. The minimum atomic E-state index is -2.39. The summed E-state index contributed by atoms with van der Waals surface area (Å²) in [5.41, 5.74) is -4.02. The van der Waals surface area contributed by atoms with Crippen LogP contribution in [0.5, 0.6) is 86.2 Å². The summed E-state index contributed by atoms with van der Waals surface area (Å²) in [5, 5.41) is 136. The lowest BCUT2D eigenvalue weighted by Gasteiger charge is -2.42. The molecule has 0 bridgehead atoms. The number of carbonyl (C=O) groups is 3. The van der Waals surface area contributed by atoms with E-state index in [1.54, 1.807) is 0 Å². The number of rotatable bonds is 6. The van der Waals surface area contributed by atoms with Crippen LogP contribution in [0.4, 0.5) is 0 Å². The largest absolute Gasteiger partial charge is 0.508 e. The number of hydrogen-bond acceptors (Lipinski definition) is 21. The number of phenolic OH excluding ortho intramolecular Hbond substituents is 12. The maximum absolute atomic E-state index is 14.3. The van der Waals surface area contributed by atoms with Crippen LogP contribution in [0.1, 0.15) is 55.0 Å². The highest BCUT2D eigenvalue weighted by atomic mass is 16.6. The number of Topliss-reactive ketones (excluding diaryl/α,β-unsaturated/α-hetero) is 1. The summed E-state index contributed by atoms with van der Waals surface area (Å²) in [6.45, 7) is 0. The van der Waals surface area contributed by atoms with Gasteiger partial charge in [-0.3, -0.25) is 4.79 Å². The van der Waals surface area contributed by atoms with Crippen molar-refractivity contribution < 1.29 is 104 Å². The van der Waals surface area contributed by atoms with Crippen LogP contribution < -0.4 is 14.2 Å². The number of carbonyl (C=O) groups excluding carboxylic acids is 3. The third-order valence-electron chi connectivity index (χ3n) is 11.4. The summed E-state index contributed by atoms with van der Waals surface area (Å²) >= 11 is 0. The van der Waals surface area contributed by atoms with Gasteiger partial charge in [0.05, 0.1) is 11.1 Å². The molecule has 3 aliphatic heterocycles. The lowest BCUT2D eigenvalue weighted by molar-refractivity contribution is -0.125. The van der Waals surface area contributed by atoms with E-state index in [0.29, 0.717) is 0 Å². The molecule has 0 amide bonds. The van der Waals surface area contributed by atoms with Crippen molar-refractivity contribution in [2.24, 2.45) is 0 Å². The highest BCUT2D eigenvalue weighted by molar-refractivity contribution is 6.05. The van der Waals surface area contributed by atoms with E-state index in [4.69, 9.17) is 23.7 Å². The van der Waals surface area contributed by atoms with Crippen LogP contribution in [-0.4, -0.2) is 108 Å². The zero-order valence-electron chi connectivity index (χ0n) is 32.2. The highest BCUT2D eigenvalue weighted by Gasteiger charge is 2.67. The molecule has 0 aromatic heterocycles. The molecule has 2 unspecified atom stereocenters. The van der Waals surface area contributed by atoms with Crippen molar-refractivity contribution in [1.82, 2.24) is 0 Å². The Morgan fingerprint density at radius 2 is 1.03 bits per heavy atom. The summed E-state index contributed by atoms with van der Waals surface area (Å²) in [6, 6.07) is 8.08. The first kappa shape index (κ1) is 40.6. The second-order valence-corrected chi connectivity index (χ2v) is 15.3. The minimum Gasteiger partial charge on any atom is -0.508 e. The topological polar surface area (TPSA) is 360 Å². The number of aliphatic hydroxyl groups is 1. The van der Waals surface area contributed by atoms with E-state index in [1.165, 1.54) is 0 Å². The molecule has 0 fully saturated rings. The van der Waals surface area contributed by atoms with Crippen molar-refractivity contribution in [1.29, 1.82) is 0 Å². The number of ketones is 1. The quantitative estimate of drug-likeness (QED) is 0.0856. The van der Waals surface area contributed by atoms with Gasteiger partial charge in [0.1, 0.15) is 52.6 Å². The lowest BCUT2D eigenvalue weighted by atomic mass is 9.75. The third-order valence-corrected chi connectivity index (χ3v) is 11.4. The summed E-state index contributed by atoms with van der Waals surface area (Å²) in [7, 11) is 0. The predicted molar refractivity (Wildman–Crippen MR) is 208 cm³/mol. The van der Waals surface area contributed by atoms with Crippen molar-refractivity contribution in [2.45, 2.75) is 48.8 Å². The van der Waals surface area contributed by atoms with E-state index in [-0.39, 0.29) is 33.8 Å². The SMILES string of the molecule is O=C(O[C@@H]1Cc2c(O)cc(O)cc2O[C@@H]1c1cc(O)c(O)c2c1C1C(=O)C(O)=CC1([C@H]1Oc3cc(O)cc(O)c3C[C@H]1OC(=O)c1cc(O)c(O)c(O)c1)O2)c1cc(O)c(O)c(O)c1. The number of allylic oxidation sites excluding steroid dienone is 1. The van der Waals surface area contributed by atoms with Gasteiger partial charge in [-0.15, -0.1) is 0 Å². The molecule has 0 spiro atoms. The molecule has 21 heteroatoms. The summed E-state index contributed by atoms with van der Waals surface area (Å²) in [5.74, 6) is -16.9. The van der Waals surface area contributed by atoms with Crippen molar-refractivity contribution >= 4 is 17.7 Å².